The van der Waals surface area contributed by atoms with E-state index in [2.05, 4.69) is 47.7 Å². The van der Waals surface area contributed by atoms with Crippen LogP contribution >= 0.6 is 22.6 Å². The first-order valence-corrected chi connectivity index (χ1v) is 6.21. The molecule has 0 amide bonds. The second kappa shape index (κ2) is 4.19. The van der Waals surface area contributed by atoms with E-state index in [1.807, 2.05) is 0 Å². The van der Waals surface area contributed by atoms with Gasteiger partial charge in [0.2, 0.25) is 0 Å². The molecule has 1 aromatic carbocycles. The predicted octanol–water partition coefficient (Wildman–Crippen LogP) is 3.26. The summed E-state index contributed by atoms with van der Waals surface area (Å²) >= 11 is 2.41. The largest absolute Gasteiger partial charge is 0.396 e. The van der Waals surface area contributed by atoms with Gasteiger partial charge in [0.1, 0.15) is 0 Å². The lowest BCUT2D eigenvalue weighted by Crippen LogP contribution is -2.04. The molecule has 0 aliphatic heterocycles. The van der Waals surface area contributed by atoms with Crippen molar-refractivity contribution < 1.29 is 5.11 Å². The first-order valence-electron chi connectivity index (χ1n) is 5.13. The maximum absolute atomic E-state index is 9.20. The van der Waals surface area contributed by atoms with E-state index in [4.69, 9.17) is 0 Å². The molecule has 14 heavy (non-hydrogen) atoms. The smallest absolute Gasteiger partial charge is 0.0497 e. The first-order chi connectivity index (χ1) is 6.74. The number of aliphatic hydroxyl groups is 1. The molecule has 2 heteroatoms. The van der Waals surface area contributed by atoms with E-state index in [-0.39, 0.29) is 12.5 Å². The Morgan fingerprint density at radius 1 is 1.50 bits per heavy atom. The van der Waals surface area contributed by atoms with Crippen LogP contribution in [0.25, 0.3) is 0 Å². The Kier molecular flexibility index (Phi) is 3.12. The van der Waals surface area contributed by atoms with E-state index in [0.29, 0.717) is 0 Å². The molecule has 0 heterocycles. The zero-order chi connectivity index (χ0) is 10.1. The van der Waals surface area contributed by atoms with Gasteiger partial charge in [-0.1, -0.05) is 19.1 Å². The maximum atomic E-state index is 9.20. The summed E-state index contributed by atoms with van der Waals surface area (Å²) < 4.78 is 1.36. The Balaban J connectivity index is 2.41. The normalized spacial score (nSPS) is 18.2. The molecule has 0 saturated heterocycles. The van der Waals surface area contributed by atoms with Crippen LogP contribution in [0.1, 0.15) is 42.7 Å². The molecule has 1 aliphatic carbocycles. The maximum Gasteiger partial charge on any atom is 0.0497 e. The summed E-state index contributed by atoms with van der Waals surface area (Å²) in [5.41, 5.74) is 2.84. The molecule has 0 bridgehead atoms. The van der Waals surface area contributed by atoms with Crippen LogP contribution in [-0.4, -0.2) is 11.7 Å². The molecule has 1 N–H and O–H groups in total. The van der Waals surface area contributed by atoms with E-state index in [9.17, 15) is 5.11 Å². The molecule has 1 unspecified atom stereocenters. The summed E-state index contributed by atoms with van der Waals surface area (Å²) in [5.74, 6) is 1.05. The monoisotopic (exact) mass is 302 g/mol. The van der Waals surface area contributed by atoms with Crippen LogP contribution < -0.4 is 0 Å². The molecule has 0 radical (unpaired) electrons. The molecule has 1 atom stereocenters. The van der Waals surface area contributed by atoms with Gasteiger partial charge in [-0.05, 0) is 58.5 Å². The lowest BCUT2D eigenvalue weighted by molar-refractivity contribution is 0.272. The van der Waals surface area contributed by atoms with E-state index >= 15 is 0 Å². The summed E-state index contributed by atoms with van der Waals surface area (Å²) in [4.78, 5) is 0. The number of benzene rings is 1. The Morgan fingerprint density at radius 3 is 2.79 bits per heavy atom. The number of hydrogen-bond donors (Lipinski definition) is 1. The fourth-order valence-corrected chi connectivity index (χ4v) is 2.84. The Bertz CT molecular complexity index is 331. The van der Waals surface area contributed by atoms with Crippen LogP contribution in [-0.2, 0) is 0 Å². The lowest BCUT2D eigenvalue weighted by atomic mass is 9.94. The fourth-order valence-electron chi connectivity index (χ4n) is 1.88. The van der Waals surface area contributed by atoms with Crippen LogP contribution in [0.4, 0.5) is 0 Å². The Hall–Kier alpha value is -0.0900. The molecule has 1 fully saturated rings. The van der Waals surface area contributed by atoms with E-state index in [1.165, 1.54) is 27.5 Å². The van der Waals surface area contributed by atoms with E-state index in [1.54, 1.807) is 0 Å². The van der Waals surface area contributed by atoms with Crippen LogP contribution in [0.15, 0.2) is 18.2 Å². The van der Waals surface area contributed by atoms with Gasteiger partial charge in [0, 0.05) is 16.1 Å². The van der Waals surface area contributed by atoms with Gasteiger partial charge < -0.3 is 5.11 Å². The van der Waals surface area contributed by atoms with Crippen LogP contribution in [0.5, 0.6) is 0 Å². The predicted molar refractivity (Wildman–Crippen MR) is 66.6 cm³/mol. The van der Waals surface area contributed by atoms with Gasteiger partial charge in [0.25, 0.3) is 0 Å². The van der Waals surface area contributed by atoms with Gasteiger partial charge in [-0.2, -0.15) is 0 Å². The highest BCUT2D eigenvalue weighted by Gasteiger charge is 2.28. The van der Waals surface area contributed by atoms with Gasteiger partial charge >= 0.3 is 0 Å². The van der Waals surface area contributed by atoms with Gasteiger partial charge in [0.05, 0.1) is 0 Å². The van der Waals surface area contributed by atoms with Crippen molar-refractivity contribution in [1.29, 1.82) is 0 Å². The molecule has 1 saturated carbocycles. The fraction of sp³-hybridized carbons (Fsp3) is 0.500. The van der Waals surface area contributed by atoms with Crippen molar-refractivity contribution in [2.75, 3.05) is 6.61 Å². The van der Waals surface area contributed by atoms with Crippen LogP contribution in [0.2, 0.25) is 0 Å². The minimum Gasteiger partial charge on any atom is -0.396 e. The van der Waals surface area contributed by atoms with E-state index in [0.717, 1.165) is 5.92 Å². The van der Waals surface area contributed by atoms with Crippen molar-refractivity contribution in [3.63, 3.8) is 0 Å². The van der Waals surface area contributed by atoms with Crippen molar-refractivity contribution in [2.24, 2.45) is 0 Å². The number of aliphatic hydroxyl groups excluding tert-OH is 1. The second-order valence-corrected chi connectivity index (χ2v) is 5.26. The third kappa shape index (κ3) is 1.96. The summed E-state index contributed by atoms with van der Waals surface area (Å²) in [6.07, 6.45) is 2.65. The van der Waals surface area contributed by atoms with Gasteiger partial charge in [-0.15, -0.1) is 0 Å². The summed E-state index contributed by atoms with van der Waals surface area (Å²) in [6.45, 7) is 2.34. The molecule has 76 valence electrons. The topological polar surface area (TPSA) is 20.2 Å². The minimum atomic E-state index is 0.250. The molecule has 0 spiro atoms. The van der Waals surface area contributed by atoms with Crippen molar-refractivity contribution in [3.05, 3.63) is 32.9 Å². The van der Waals surface area contributed by atoms with Crippen molar-refractivity contribution in [2.45, 2.75) is 31.6 Å². The van der Waals surface area contributed by atoms with Crippen LogP contribution in [0.3, 0.4) is 0 Å². The lowest BCUT2D eigenvalue weighted by Gasteiger charge is -2.15. The Labute approximate surface area is 98.7 Å². The second-order valence-electron chi connectivity index (χ2n) is 4.10. The van der Waals surface area contributed by atoms with Crippen molar-refractivity contribution >= 4 is 22.6 Å². The zero-order valence-electron chi connectivity index (χ0n) is 8.33. The summed E-state index contributed by atoms with van der Waals surface area (Å²) in [7, 11) is 0. The minimum absolute atomic E-state index is 0.250. The molecule has 2 rings (SSSR count). The molecular weight excluding hydrogens is 287 g/mol. The standard InChI is InChI=1S/C12H15IO/c1-8(7-14)10-3-2-4-11(13)12(10)9-5-6-9/h2-4,8-9,14H,5-7H2,1H3. The quantitative estimate of drug-likeness (QED) is 0.850. The van der Waals surface area contributed by atoms with Crippen molar-refractivity contribution in [3.8, 4) is 0 Å². The zero-order valence-corrected chi connectivity index (χ0v) is 10.5. The highest BCUT2D eigenvalue weighted by molar-refractivity contribution is 14.1. The average Bonchev–Trinajstić information content (AvgIpc) is 3.00. The third-order valence-corrected chi connectivity index (χ3v) is 3.82. The van der Waals surface area contributed by atoms with Gasteiger partial charge in [-0.3, -0.25) is 0 Å². The SMILES string of the molecule is CC(CO)c1cccc(I)c1C1CC1. The third-order valence-electron chi connectivity index (χ3n) is 2.88. The molecule has 0 aromatic heterocycles. The van der Waals surface area contributed by atoms with E-state index < -0.39 is 0 Å². The number of rotatable bonds is 3. The van der Waals surface area contributed by atoms with Gasteiger partial charge in [-0.25, -0.2) is 0 Å². The van der Waals surface area contributed by atoms with Crippen LogP contribution in [0, 0.1) is 3.57 Å². The van der Waals surface area contributed by atoms with Gasteiger partial charge in [0.15, 0.2) is 0 Å². The summed E-state index contributed by atoms with van der Waals surface area (Å²) in [5, 5.41) is 9.20. The summed E-state index contributed by atoms with van der Waals surface area (Å²) in [6, 6.07) is 6.42. The molecule has 1 nitrogen and oxygen atoms in total. The molecule has 1 aromatic rings. The number of halogens is 1. The Morgan fingerprint density at radius 2 is 2.21 bits per heavy atom. The average molecular weight is 302 g/mol. The molecule has 1 aliphatic rings. The molecular formula is C12H15IO. The highest BCUT2D eigenvalue weighted by atomic mass is 127. The first kappa shape index (κ1) is 10.4. The highest BCUT2D eigenvalue weighted by Crippen LogP contribution is 2.45. The van der Waals surface area contributed by atoms with Crippen molar-refractivity contribution in [1.82, 2.24) is 0 Å². The number of hydrogen-bond acceptors (Lipinski definition) is 1.